The third-order valence-electron chi connectivity index (χ3n) is 9.24. The van der Waals surface area contributed by atoms with Crippen LogP contribution in [0.15, 0.2) is 119 Å². The van der Waals surface area contributed by atoms with Gasteiger partial charge in [-0.05, 0) is 59.3 Å². The second-order valence-electron chi connectivity index (χ2n) is 13.6. The molecule has 18 N–H and O–H groups in total. The number of azo groups is 4. The summed E-state index contributed by atoms with van der Waals surface area (Å²) in [6, 6.07) is 5.39. The number of phenols is 2. The maximum Gasteiger partial charge on any atom is 0.296 e. The number of fused-ring (bicyclic) bond motifs is 3. The Kier molecular flexibility index (Phi) is 13.3. The van der Waals surface area contributed by atoms with Gasteiger partial charge in [-0.15, -0.1) is 10.2 Å². The summed E-state index contributed by atoms with van der Waals surface area (Å²) in [6.45, 7) is 0. The topological polar surface area (TPSA) is 537 Å². The van der Waals surface area contributed by atoms with Crippen LogP contribution in [0.1, 0.15) is 0 Å². The van der Waals surface area contributed by atoms with Crippen LogP contribution in [0.2, 0.25) is 0 Å². The van der Waals surface area contributed by atoms with Crippen LogP contribution in [0.5, 0.6) is 11.5 Å². The van der Waals surface area contributed by atoms with Gasteiger partial charge in [-0.25, -0.2) is 0 Å². The predicted molar refractivity (Wildman–Crippen MR) is 244 cm³/mol. The van der Waals surface area contributed by atoms with Gasteiger partial charge in [0.05, 0.1) is 48.2 Å². The lowest BCUT2D eigenvalue weighted by Gasteiger charge is -2.23. The van der Waals surface area contributed by atoms with Crippen molar-refractivity contribution in [3.8, 4) is 11.5 Å². The molecular weight excluding hydrogens is 1040 g/mol. The Bertz CT molecular complexity index is 3630. The molecule has 0 saturated heterocycles. The summed E-state index contributed by atoms with van der Waals surface area (Å²) in [4.78, 5) is -6.25. The largest absolute Gasteiger partial charge is 0.505 e. The van der Waals surface area contributed by atoms with E-state index < -0.39 is 182 Å². The Morgan fingerprint density at radius 3 is 1.06 bits per heavy atom. The van der Waals surface area contributed by atoms with E-state index in [2.05, 4.69) is 40.9 Å². The van der Waals surface area contributed by atoms with Gasteiger partial charge >= 0.3 is 0 Å². The molecule has 30 nitrogen and oxygen atoms in total. The van der Waals surface area contributed by atoms with Crippen molar-refractivity contribution in [3.63, 3.8) is 0 Å². The lowest BCUT2D eigenvalue weighted by Crippen LogP contribution is -2.03. The van der Waals surface area contributed by atoms with Gasteiger partial charge in [0.2, 0.25) is 0 Å². The zero-order chi connectivity index (χ0) is 51.0. The summed E-state index contributed by atoms with van der Waals surface area (Å²) < 4.78 is 198. The molecule has 366 valence electrons. The molecule has 0 aliphatic heterocycles. The Morgan fingerprint density at radius 1 is 0.382 bits per heavy atom. The Labute approximate surface area is 384 Å². The summed E-state index contributed by atoms with van der Waals surface area (Å²) in [5.41, 5.74) is 5.96. The van der Waals surface area contributed by atoms with Gasteiger partial charge in [-0.2, -0.15) is 55.9 Å². The zero-order valence-corrected chi connectivity index (χ0v) is 38.4. The monoisotopic (exact) mass is 1070 g/mol. The molecule has 0 radical (unpaired) electrons. The number of benzene rings is 6. The maximum absolute atomic E-state index is 12.9. The summed E-state index contributed by atoms with van der Waals surface area (Å²) in [6.07, 6.45) is 0. The summed E-state index contributed by atoms with van der Waals surface area (Å²) in [5.74, 6) is -2.35. The first-order valence-electron chi connectivity index (χ1n) is 17.3. The van der Waals surface area contributed by atoms with E-state index in [9.17, 15) is 90.1 Å². The summed E-state index contributed by atoms with van der Waals surface area (Å²) in [5, 5.41) is 48.0. The van der Waals surface area contributed by atoms with Crippen molar-refractivity contribution in [2.75, 3.05) is 25.6 Å². The van der Waals surface area contributed by atoms with Crippen molar-refractivity contribution in [1.82, 2.24) is 0 Å². The third-order valence-corrected chi connectivity index (χ3v) is 14.6. The average molecular weight is 1070 g/mol. The van der Waals surface area contributed by atoms with E-state index in [1.165, 1.54) is 0 Å². The van der Waals surface area contributed by atoms with Crippen molar-refractivity contribution in [2.45, 2.75) is 29.4 Å². The van der Waals surface area contributed by atoms with Crippen molar-refractivity contribution >= 4 is 141 Å². The maximum atomic E-state index is 12.9. The second-order valence-corrected chi connectivity index (χ2v) is 22.2. The standard InChI is InChI=1S/C32H32N10O20S6/c1-35-39-27-19(65(51,52)53)3-11-5-21(67(57,58)59)29(31(43)23(11)25(27)33)41-37-13-7-15-16(17(9-13)63(45,46)47)8-14(10-18(15)64(48,49)50)38-42-30-22(68(60,61)62)6-12-4-20(66(54,55)56)28(40-36-2)26(34)24(12)32(30)44/h3-10,43-47,51-53,60-62H,33-34H2,1-2H3,(H,48,49,50)(H,54,55,56)(H,57,58,59). The number of hydrogen-bond acceptors (Lipinski definition) is 27. The molecule has 0 bridgehead atoms. The number of nitrogen functional groups attached to an aromatic ring is 2. The van der Waals surface area contributed by atoms with Crippen LogP contribution in [-0.2, 0) is 30.4 Å². The molecule has 68 heavy (non-hydrogen) atoms. The lowest BCUT2D eigenvalue weighted by molar-refractivity contribution is 0.373. The molecule has 0 aliphatic rings. The van der Waals surface area contributed by atoms with Crippen molar-refractivity contribution < 1.29 is 90.1 Å². The molecule has 0 saturated carbocycles. The highest BCUT2D eigenvalue weighted by Crippen LogP contribution is 2.58. The van der Waals surface area contributed by atoms with E-state index in [-0.39, 0.29) is 0 Å². The van der Waals surface area contributed by atoms with Crippen molar-refractivity contribution in [2.24, 2.45) is 40.9 Å². The molecule has 0 heterocycles. The fourth-order valence-corrected chi connectivity index (χ4v) is 10.7. The van der Waals surface area contributed by atoms with Gasteiger partial charge in [-0.1, -0.05) is 0 Å². The highest BCUT2D eigenvalue weighted by Gasteiger charge is 2.32. The van der Waals surface area contributed by atoms with Gasteiger partial charge in [0.1, 0.15) is 70.0 Å². The number of hydrogen-bond donors (Lipinski definition) is 16. The van der Waals surface area contributed by atoms with E-state index in [1.807, 2.05) is 0 Å². The number of nitrogens with two attached hydrogens (primary N) is 2. The zero-order valence-electron chi connectivity index (χ0n) is 33.5. The highest BCUT2D eigenvalue weighted by atomic mass is 32.3. The molecule has 0 aromatic heterocycles. The average Bonchev–Trinajstić information content (AvgIpc) is 3.18. The summed E-state index contributed by atoms with van der Waals surface area (Å²) >= 11 is 0. The summed E-state index contributed by atoms with van der Waals surface area (Å²) in [7, 11) is -28.4. The Morgan fingerprint density at radius 2 is 0.691 bits per heavy atom. The number of phenolic OH excluding ortho intramolecular Hbond substituents is 2. The second kappa shape index (κ2) is 17.6. The molecule has 6 aromatic carbocycles. The normalized spacial score (nSPS) is 14.5. The molecular formula is C32H32N10O20S6. The quantitative estimate of drug-likeness (QED) is 0.0308. The Balaban J connectivity index is 1.61. The number of nitrogens with zero attached hydrogens (tertiary/aromatic N) is 8. The molecule has 0 aliphatic carbocycles. The highest BCUT2D eigenvalue weighted by molar-refractivity contribution is 8.20. The molecule has 0 amide bonds. The van der Waals surface area contributed by atoms with Gasteiger partial charge in [0.25, 0.3) is 30.4 Å². The minimum Gasteiger partial charge on any atom is -0.505 e. The number of rotatable bonds is 12. The molecule has 0 fully saturated rings. The van der Waals surface area contributed by atoms with Crippen molar-refractivity contribution in [1.29, 1.82) is 0 Å². The van der Waals surface area contributed by atoms with Crippen LogP contribution in [0, 0.1) is 0 Å². The van der Waals surface area contributed by atoms with E-state index in [0.717, 1.165) is 32.3 Å². The molecule has 0 spiro atoms. The predicted octanol–water partition coefficient (Wildman–Crippen LogP) is 9.47. The first kappa shape index (κ1) is 51.5. The molecule has 0 atom stereocenters. The van der Waals surface area contributed by atoms with E-state index in [4.69, 9.17) is 11.5 Å². The first-order chi connectivity index (χ1) is 31.1. The van der Waals surface area contributed by atoms with Crippen LogP contribution < -0.4 is 11.5 Å². The van der Waals surface area contributed by atoms with Crippen LogP contribution in [0.25, 0.3) is 32.3 Å². The SMILES string of the molecule is CN=Nc1c(S(O)(O)O)cc2cc(S(=O)(=O)O)c(N=Nc3cc(S(O)(O)O)c4cc(N=Nc5c(S(O)(O)O)cc6cc(S(=O)(=O)O)c(N=NC)c(N)c6c5O)cc(S(=O)(=O)O)c4c3)c(O)c2c1N. The molecule has 6 rings (SSSR count). The minimum atomic E-state index is -5.48. The van der Waals surface area contributed by atoms with Crippen LogP contribution >= 0.6 is 32.6 Å². The van der Waals surface area contributed by atoms with E-state index in [1.54, 1.807) is 0 Å². The van der Waals surface area contributed by atoms with Crippen LogP contribution in [0.4, 0.5) is 45.5 Å². The smallest absolute Gasteiger partial charge is 0.296 e. The number of aromatic hydroxyl groups is 2. The minimum absolute atomic E-state index is 0.456. The molecule has 0 unspecified atom stereocenters. The van der Waals surface area contributed by atoms with Gasteiger partial charge < -0.3 is 62.7 Å². The van der Waals surface area contributed by atoms with Gasteiger partial charge in [0, 0.05) is 24.9 Å². The number of anilines is 2. The fraction of sp³-hybridized carbons (Fsp3) is 0.0625. The Hall–Kier alpha value is -5.88. The molecule has 36 heteroatoms. The van der Waals surface area contributed by atoms with Gasteiger partial charge in [-0.3, -0.25) is 13.7 Å². The molecule has 6 aromatic rings. The lowest BCUT2D eigenvalue weighted by atomic mass is 10.1. The fourth-order valence-electron chi connectivity index (χ4n) is 6.57. The van der Waals surface area contributed by atoms with E-state index in [0.29, 0.717) is 30.3 Å². The van der Waals surface area contributed by atoms with Crippen LogP contribution in [-0.4, -0.2) is 104 Å². The van der Waals surface area contributed by atoms with Gasteiger partial charge in [0.15, 0.2) is 11.5 Å². The first-order valence-corrected chi connectivity index (χ1v) is 26.2. The van der Waals surface area contributed by atoms with E-state index >= 15 is 0 Å². The van der Waals surface area contributed by atoms with Crippen LogP contribution in [0.3, 0.4) is 0 Å². The third kappa shape index (κ3) is 9.84. The van der Waals surface area contributed by atoms with Crippen molar-refractivity contribution in [3.05, 3.63) is 48.5 Å².